The Morgan fingerprint density at radius 2 is 1.91 bits per heavy atom. The van der Waals surface area contributed by atoms with E-state index in [1.165, 1.54) is 6.26 Å². The number of carbonyl (C=O) groups excluding carboxylic acids is 2. The monoisotopic (exact) mass is 294 g/mol. The van der Waals surface area contributed by atoms with E-state index in [4.69, 9.17) is 9.15 Å². The van der Waals surface area contributed by atoms with Crippen LogP contribution in [-0.2, 0) is 0 Å². The van der Waals surface area contributed by atoms with E-state index in [1.807, 2.05) is 0 Å². The van der Waals surface area contributed by atoms with E-state index in [2.05, 4.69) is 6.58 Å². The lowest BCUT2D eigenvalue weighted by molar-refractivity contribution is 0.100. The third-order valence-corrected chi connectivity index (χ3v) is 3.74. The molecule has 0 saturated carbocycles. The molecular weight excluding hydrogens is 280 g/mol. The van der Waals surface area contributed by atoms with Crippen molar-refractivity contribution in [2.75, 3.05) is 7.11 Å². The van der Waals surface area contributed by atoms with Crippen LogP contribution < -0.4 is 4.74 Å². The van der Waals surface area contributed by atoms with Crippen LogP contribution in [0.1, 0.15) is 39.0 Å². The third kappa shape index (κ3) is 2.09. The Morgan fingerprint density at radius 1 is 1.23 bits per heavy atom. The SMILES string of the molecule is C=C1C(=O)c2c(C(=O)c3ccc(OC)cc3)coc2C=C1C. The molecule has 0 atom stereocenters. The van der Waals surface area contributed by atoms with E-state index in [1.54, 1.807) is 44.4 Å². The van der Waals surface area contributed by atoms with Gasteiger partial charge in [-0.3, -0.25) is 9.59 Å². The van der Waals surface area contributed by atoms with Gasteiger partial charge in [0.25, 0.3) is 0 Å². The van der Waals surface area contributed by atoms with Crippen molar-refractivity contribution in [2.24, 2.45) is 0 Å². The molecule has 0 fully saturated rings. The predicted octanol–water partition coefficient (Wildman–Crippen LogP) is 3.68. The topological polar surface area (TPSA) is 56.5 Å². The molecule has 0 aliphatic heterocycles. The fraction of sp³-hybridized carbons (Fsp3) is 0.111. The van der Waals surface area contributed by atoms with Gasteiger partial charge in [0.1, 0.15) is 17.8 Å². The first-order valence-corrected chi connectivity index (χ1v) is 6.75. The minimum absolute atomic E-state index is 0.259. The maximum absolute atomic E-state index is 12.6. The highest BCUT2D eigenvalue weighted by molar-refractivity contribution is 6.23. The fourth-order valence-corrected chi connectivity index (χ4v) is 2.39. The van der Waals surface area contributed by atoms with Crippen molar-refractivity contribution in [3.05, 3.63) is 70.7 Å². The molecule has 0 amide bonds. The van der Waals surface area contributed by atoms with Crippen molar-refractivity contribution in [1.29, 1.82) is 0 Å². The number of hydrogen-bond acceptors (Lipinski definition) is 4. The Labute approximate surface area is 127 Å². The number of fused-ring (bicyclic) bond motifs is 1. The summed E-state index contributed by atoms with van der Waals surface area (Å²) in [5.41, 5.74) is 2.15. The molecule has 0 bridgehead atoms. The summed E-state index contributed by atoms with van der Waals surface area (Å²) >= 11 is 0. The number of ketones is 2. The molecular formula is C18H14O4. The van der Waals surface area contributed by atoms with Crippen LogP contribution in [0, 0.1) is 0 Å². The van der Waals surface area contributed by atoms with E-state index >= 15 is 0 Å². The van der Waals surface area contributed by atoms with Crippen LogP contribution in [0.15, 0.2) is 52.7 Å². The average molecular weight is 294 g/mol. The van der Waals surface area contributed by atoms with Gasteiger partial charge in [-0.2, -0.15) is 0 Å². The Kier molecular flexibility index (Phi) is 3.29. The molecule has 22 heavy (non-hydrogen) atoms. The van der Waals surface area contributed by atoms with Gasteiger partial charge in [-0.15, -0.1) is 0 Å². The normalized spacial score (nSPS) is 13.6. The van der Waals surface area contributed by atoms with E-state index in [0.717, 1.165) is 5.57 Å². The summed E-state index contributed by atoms with van der Waals surface area (Å²) in [7, 11) is 1.56. The van der Waals surface area contributed by atoms with Crippen molar-refractivity contribution >= 4 is 17.6 Å². The van der Waals surface area contributed by atoms with Crippen LogP contribution >= 0.6 is 0 Å². The molecule has 2 aromatic rings. The zero-order valence-electron chi connectivity index (χ0n) is 12.3. The maximum Gasteiger partial charge on any atom is 0.197 e. The molecule has 110 valence electrons. The van der Waals surface area contributed by atoms with Crippen LogP contribution in [0.2, 0.25) is 0 Å². The lowest BCUT2D eigenvalue weighted by Crippen LogP contribution is -2.13. The highest BCUT2D eigenvalue weighted by Crippen LogP contribution is 2.32. The molecule has 1 aliphatic rings. The summed E-state index contributed by atoms with van der Waals surface area (Å²) in [4.78, 5) is 25.0. The van der Waals surface area contributed by atoms with E-state index in [9.17, 15) is 9.59 Å². The predicted molar refractivity (Wildman–Crippen MR) is 82.3 cm³/mol. The van der Waals surface area contributed by atoms with E-state index in [-0.39, 0.29) is 22.7 Å². The fourth-order valence-electron chi connectivity index (χ4n) is 2.39. The van der Waals surface area contributed by atoms with Gasteiger partial charge in [0.2, 0.25) is 0 Å². The van der Waals surface area contributed by atoms with Crippen molar-refractivity contribution in [3.8, 4) is 5.75 Å². The zero-order chi connectivity index (χ0) is 15.9. The molecule has 0 unspecified atom stereocenters. The molecule has 4 nitrogen and oxygen atoms in total. The molecule has 0 radical (unpaired) electrons. The largest absolute Gasteiger partial charge is 0.497 e. The molecule has 0 N–H and O–H groups in total. The smallest absolute Gasteiger partial charge is 0.197 e. The zero-order valence-corrected chi connectivity index (χ0v) is 12.3. The van der Waals surface area contributed by atoms with Crippen molar-refractivity contribution in [3.63, 3.8) is 0 Å². The minimum Gasteiger partial charge on any atom is -0.497 e. The lowest BCUT2D eigenvalue weighted by Gasteiger charge is -2.11. The maximum atomic E-state index is 12.6. The van der Waals surface area contributed by atoms with Crippen LogP contribution in [0.4, 0.5) is 0 Å². The number of carbonyl (C=O) groups is 2. The number of ether oxygens (including phenoxy) is 1. The van der Waals surface area contributed by atoms with Gasteiger partial charge in [0, 0.05) is 11.1 Å². The Morgan fingerprint density at radius 3 is 2.55 bits per heavy atom. The van der Waals surface area contributed by atoms with Crippen molar-refractivity contribution in [1.82, 2.24) is 0 Å². The molecule has 4 heteroatoms. The summed E-state index contributed by atoms with van der Waals surface area (Å²) < 4.78 is 10.4. The first-order valence-electron chi connectivity index (χ1n) is 6.75. The number of benzene rings is 1. The van der Waals surface area contributed by atoms with Gasteiger partial charge in [-0.25, -0.2) is 0 Å². The van der Waals surface area contributed by atoms with E-state index in [0.29, 0.717) is 22.6 Å². The summed E-state index contributed by atoms with van der Waals surface area (Å²) in [5.74, 6) is 0.544. The van der Waals surface area contributed by atoms with Gasteiger partial charge in [0.15, 0.2) is 11.6 Å². The average Bonchev–Trinajstić information content (AvgIpc) is 2.96. The first-order chi connectivity index (χ1) is 10.5. The van der Waals surface area contributed by atoms with Crippen LogP contribution in [-0.4, -0.2) is 18.7 Å². The van der Waals surface area contributed by atoms with Crippen LogP contribution in [0.25, 0.3) is 6.08 Å². The molecule has 1 aromatic carbocycles. The quantitative estimate of drug-likeness (QED) is 0.640. The molecule has 1 aliphatic carbocycles. The lowest BCUT2D eigenvalue weighted by atomic mass is 9.89. The molecule has 0 saturated heterocycles. The molecule has 0 spiro atoms. The Balaban J connectivity index is 2.05. The Bertz CT molecular complexity index is 819. The van der Waals surface area contributed by atoms with E-state index < -0.39 is 0 Å². The van der Waals surface area contributed by atoms with Gasteiger partial charge in [-0.1, -0.05) is 6.58 Å². The second-order valence-electron chi connectivity index (χ2n) is 5.08. The first kappa shape index (κ1) is 14.1. The Hall–Kier alpha value is -2.88. The second kappa shape index (κ2) is 5.15. The number of hydrogen-bond donors (Lipinski definition) is 0. The molecule has 3 rings (SSSR count). The number of furan rings is 1. The third-order valence-electron chi connectivity index (χ3n) is 3.74. The van der Waals surface area contributed by atoms with Gasteiger partial charge in [-0.05, 0) is 42.8 Å². The summed E-state index contributed by atoms with van der Waals surface area (Å²) in [6.45, 7) is 5.55. The van der Waals surface area contributed by atoms with Gasteiger partial charge < -0.3 is 9.15 Å². The number of allylic oxidation sites excluding steroid dienone is 2. The van der Waals surface area contributed by atoms with Gasteiger partial charge >= 0.3 is 0 Å². The summed E-state index contributed by atoms with van der Waals surface area (Å²) in [5, 5.41) is 0. The standard InChI is InChI=1S/C18H14O4/c1-10-8-15-16(17(19)11(10)2)14(9-22-15)18(20)12-4-6-13(21-3)7-5-12/h4-9H,2H2,1,3H3. The highest BCUT2D eigenvalue weighted by atomic mass is 16.5. The van der Waals surface area contributed by atoms with Gasteiger partial charge in [0.05, 0.1) is 18.2 Å². The summed E-state index contributed by atoms with van der Waals surface area (Å²) in [6, 6.07) is 6.71. The minimum atomic E-state index is -0.263. The number of methoxy groups -OCH3 is 1. The number of rotatable bonds is 3. The van der Waals surface area contributed by atoms with Crippen molar-refractivity contribution < 1.29 is 18.7 Å². The van der Waals surface area contributed by atoms with Crippen LogP contribution in [0.3, 0.4) is 0 Å². The molecule has 1 heterocycles. The second-order valence-corrected chi connectivity index (χ2v) is 5.08. The number of Topliss-reactive ketones (excluding diaryl/α,β-unsaturated/α-hetero) is 1. The van der Waals surface area contributed by atoms with Crippen molar-refractivity contribution in [2.45, 2.75) is 6.92 Å². The molecule has 1 aromatic heterocycles. The summed E-state index contributed by atoms with van der Waals surface area (Å²) in [6.07, 6.45) is 3.06. The highest BCUT2D eigenvalue weighted by Gasteiger charge is 2.29. The van der Waals surface area contributed by atoms with Crippen LogP contribution in [0.5, 0.6) is 5.75 Å².